The minimum atomic E-state index is -1.24. The van der Waals surface area contributed by atoms with Crippen molar-refractivity contribution in [3.8, 4) is 0 Å². The molecule has 0 aromatic carbocycles. The van der Waals surface area contributed by atoms with Crippen LogP contribution in [0.1, 0.15) is 5.69 Å². The van der Waals surface area contributed by atoms with Gasteiger partial charge in [0.25, 0.3) is 11.8 Å². The smallest absolute Gasteiger partial charge is 0.352 e. The number of oxime groups is 1. The topological polar surface area (TPSA) is 160 Å². The van der Waals surface area contributed by atoms with Gasteiger partial charge in [0.1, 0.15) is 35.8 Å². The Hall–Kier alpha value is -2.68. The van der Waals surface area contributed by atoms with E-state index in [1.807, 2.05) is 0 Å². The molecule has 15 heteroatoms. The summed E-state index contributed by atoms with van der Waals surface area (Å²) in [7, 11) is 2.68. The van der Waals surface area contributed by atoms with Gasteiger partial charge in [0.2, 0.25) is 5.91 Å². The van der Waals surface area contributed by atoms with E-state index in [2.05, 4.69) is 20.8 Å². The molecule has 0 spiro atoms. The highest BCUT2D eigenvalue weighted by atomic mass is 35.5. The summed E-state index contributed by atoms with van der Waals surface area (Å²) in [4.78, 5) is 58.6. The largest absolute Gasteiger partial charge is 0.477 e. The molecule has 3 heterocycles. The molecule has 2 atom stereocenters. The molecular formula is C17H18ClN5O7S2. The molecule has 12 nitrogen and oxygen atoms in total. The first-order valence-electron chi connectivity index (χ1n) is 8.95. The lowest BCUT2D eigenvalue weighted by molar-refractivity contribution is -0.150. The normalized spacial score (nSPS) is 20.4. The van der Waals surface area contributed by atoms with E-state index in [0.717, 1.165) is 16.2 Å². The second kappa shape index (κ2) is 10.3. The molecule has 0 bridgehead atoms. The van der Waals surface area contributed by atoms with Gasteiger partial charge in [-0.2, -0.15) is 0 Å². The molecule has 1 aromatic rings. The minimum Gasteiger partial charge on any atom is -0.477 e. The Balaban J connectivity index is 1.75. The van der Waals surface area contributed by atoms with Crippen LogP contribution < -0.4 is 10.6 Å². The first-order valence-corrected chi connectivity index (χ1v) is 11.4. The molecule has 172 valence electrons. The number of hydrogen-bond donors (Lipinski definition) is 3. The van der Waals surface area contributed by atoms with Gasteiger partial charge in [0, 0.05) is 18.2 Å². The van der Waals surface area contributed by atoms with Crippen LogP contribution in [-0.4, -0.2) is 88.3 Å². The number of thiazole rings is 1. The fraction of sp³-hybridized carbons (Fsp3) is 0.412. The van der Waals surface area contributed by atoms with Crippen LogP contribution in [0.25, 0.3) is 0 Å². The second-order valence-corrected chi connectivity index (χ2v) is 8.62. The number of halogens is 1. The van der Waals surface area contributed by atoms with E-state index in [-0.39, 0.29) is 34.7 Å². The van der Waals surface area contributed by atoms with Gasteiger partial charge >= 0.3 is 5.97 Å². The molecular weight excluding hydrogens is 486 g/mol. The summed E-state index contributed by atoms with van der Waals surface area (Å²) >= 11 is 7.81. The summed E-state index contributed by atoms with van der Waals surface area (Å²) in [6.45, 7) is 0.0826. The number of carboxylic acids is 1. The Morgan fingerprint density at radius 2 is 2.16 bits per heavy atom. The van der Waals surface area contributed by atoms with Crippen molar-refractivity contribution in [3.05, 3.63) is 22.3 Å². The number of carbonyl (C=O) groups excluding carboxylic acids is 3. The Kier molecular flexibility index (Phi) is 7.71. The highest BCUT2D eigenvalue weighted by Gasteiger charge is 2.54. The molecule has 1 unspecified atom stereocenters. The van der Waals surface area contributed by atoms with Crippen LogP contribution in [0.4, 0.5) is 5.13 Å². The number of rotatable bonds is 9. The fourth-order valence-electron chi connectivity index (χ4n) is 3.07. The third-order valence-electron chi connectivity index (χ3n) is 4.37. The van der Waals surface area contributed by atoms with Gasteiger partial charge in [0.15, 0.2) is 10.8 Å². The number of aliphatic carboxylic acids is 1. The number of nitrogens with zero attached hydrogens (tertiary/aromatic N) is 3. The average molecular weight is 504 g/mol. The number of hydrogen-bond acceptors (Lipinski definition) is 10. The van der Waals surface area contributed by atoms with Crippen LogP contribution >= 0.6 is 34.7 Å². The van der Waals surface area contributed by atoms with Gasteiger partial charge in [0.05, 0.1) is 6.61 Å². The maximum Gasteiger partial charge on any atom is 0.352 e. The van der Waals surface area contributed by atoms with E-state index in [9.17, 15) is 24.3 Å². The standard InChI is InChI=1S/C17H18ClN5O7S2/c1-29-4-7-5-31-15-11(14(26)23(15)12(7)16(27)28)21-13(25)10(22-30-2)8-6-32-17(19-8)20-9(24)3-18/h6,11,15H,3-5H2,1-2H3,(H,21,25)(H,27,28)(H,19,20,24)/t11?,15-/m0/s1. The van der Waals surface area contributed by atoms with E-state index in [1.54, 1.807) is 0 Å². The zero-order chi connectivity index (χ0) is 23.4. The second-order valence-electron chi connectivity index (χ2n) is 6.39. The van der Waals surface area contributed by atoms with Crippen molar-refractivity contribution in [2.24, 2.45) is 5.16 Å². The summed E-state index contributed by atoms with van der Waals surface area (Å²) in [6, 6.07) is -0.956. The number of alkyl halides is 1. The zero-order valence-corrected chi connectivity index (χ0v) is 19.2. The molecule has 2 aliphatic heterocycles. The van der Waals surface area contributed by atoms with Crippen molar-refractivity contribution in [1.29, 1.82) is 0 Å². The van der Waals surface area contributed by atoms with Crippen LogP contribution in [0.2, 0.25) is 0 Å². The number of β-lactam (4-membered cyclic amide) rings is 1. The molecule has 0 radical (unpaired) electrons. The first-order chi connectivity index (χ1) is 15.3. The van der Waals surface area contributed by atoms with Crippen molar-refractivity contribution < 1.29 is 33.9 Å². The molecule has 0 saturated carbocycles. The van der Waals surface area contributed by atoms with Crippen LogP contribution in [0.5, 0.6) is 0 Å². The molecule has 1 saturated heterocycles. The van der Waals surface area contributed by atoms with Crippen LogP contribution in [0, 0.1) is 0 Å². The molecule has 3 amide bonds. The van der Waals surface area contributed by atoms with Crippen molar-refractivity contribution in [2.45, 2.75) is 11.4 Å². The van der Waals surface area contributed by atoms with Crippen molar-refractivity contribution in [3.63, 3.8) is 0 Å². The van der Waals surface area contributed by atoms with Gasteiger partial charge in [-0.3, -0.25) is 19.3 Å². The first kappa shape index (κ1) is 24.0. The number of methoxy groups -OCH3 is 1. The highest BCUT2D eigenvalue weighted by molar-refractivity contribution is 8.00. The van der Waals surface area contributed by atoms with Crippen LogP contribution in [0.15, 0.2) is 21.8 Å². The van der Waals surface area contributed by atoms with E-state index in [4.69, 9.17) is 21.2 Å². The summed E-state index contributed by atoms with van der Waals surface area (Å²) in [5.41, 5.74) is 0.259. The minimum absolute atomic E-state index is 0.0826. The zero-order valence-electron chi connectivity index (χ0n) is 16.8. The summed E-state index contributed by atoms with van der Waals surface area (Å²) in [6.07, 6.45) is 0. The lowest BCUT2D eigenvalue weighted by Crippen LogP contribution is -2.71. The van der Waals surface area contributed by atoms with E-state index < -0.39 is 35.1 Å². The molecule has 3 N–H and O–H groups in total. The Morgan fingerprint density at radius 1 is 1.41 bits per heavy atom. The Bertz CT molecular complexity index is 1010. The Morgan fingerprint density at radius 3 is 2.78 bits per heavy atom. The van der Waals surface area contributed by atoms with Crippen molar-refractivity contribution >= 4 is 69.2 Å². The number of carboxylic acid groups (broad SMARTS) is 1. The lowest BCUT2D eigenvalue weighted by Gasteiger charge is -2.49. The number of fused-ring (bicyclic) bond motifs is 1. The van der Waals surface area contributed by atoms with Gasteiger partial charge in [-0.1, -0.05) is 5.16 Å². The summed E-state index contributed by atoms with van der Waals surface area (Å²) < 4.78 is 5.03. The monoisotopic (exact) mass is 503 g/mol. The van der Waals surface area contributed by atoms with E-state index >= 15 is 0 Å². The predicted octanol–water partition coefficient (Wildman–Crippen LogP) is 0.0559. The predicted molar refractivity (Wildman–Crippen MR) is 117 cm³/mol. The van der Waals surface area contributed by atoms with Crippen molar-refractivity contribution in [1.82, 2.24) is 15.2 Å². The van der Waals surface area contributed by atoms with Crippen molar-refractivity contribution in [2.75, 3.05) is 37.8 Å². The number of ether oxygens (including phenoxy) is 1. The molecule has 2 aliphatic rings. The number of anilines is 1. The number of aromatic nitrogens is 1. The molecule has 0 aliphatic carbocycles. The average Bonchev–Trinajstić information content (AvgIpc) is 3.22. The van der Waals surface area contributed by atoms with Crippen LogP contribution in [0.3, 0.4) is 0 Å². The summed E-state index contributed by atoms with van der Waals surface area (Å²) in [5.74, 6) is -2.93. The molecule has 32 heavy (non-hydrogen) atoms. The number of nitrogens with one attached hydrogen (secondary N) is 2. The number of amides is 3. The van der Waals surface area contributed by atoms with Gasteiger partial charge in [-0.15, -0.1) is 34.7 Å². The maximum atomic E-state index is 12.8. The highest BCUT2D eigenvalue weighted by Crippen LogP contribution is 2.40. The van der Waals surface area contributed by atoms with E-state index in [0.29, 0.717) is 11.3 Å². The number of carbonyl (C=O) groups is 4. The van der Waals surface area contributed by atoms with Gasteiger partial charge in [-0.05, 0) is 5.57 Å². The fourth-order valence-corrected chi connectivity index (χ4v) is 5.17. The third kappa shape index (κ3) is 4.72. The molecule has 3 rings (SSSR count). The number of thioether (sulfide) groups is 1. The van der Waals surface area contributed by atoms with E-state index in [1.165, 1.54) is 31.4 Å². The molecule has 1 aromatic heterocycles. The van der Waals surface area contributed by atoms with Gasteiger partial charge in [-0.25, -0.2) is 9.78 Å². The van der Waals surface area contributed by atoms with Gasteiger partial charge < -0.3 is 25.3 Å². The lowest BCUT2D eigenvalue weighted by atomic mass is 10.0. The Labute approximate surface area is 195 Å². The van der Waals surface area contributed by atoms with Crippen LogP contribution in [-0.2, 0) is 28.8 Å². The quantitative estimate of drug-likeness (QED) is 0.183. The summed E-state index contributed by atoms with van der Waals surface area (Å²) in [5, 5.41) is 19.4. The molecule has 1 fully saturated rings. The maximum absolute atomic E-state index is 12.8. The SMILES string of the molecule is COCC1=C(C(=O)O)N2C(=O)C(NC(=O)C(=NOC)c3csc(NC(=O)CCl)n3)[C@@H]2SC1. The third-order valence-corrected chi connectivity index (χ3v) is 6.71.